The highest BCUT2D eigenvalue weighted by Crippen LogP contribution is 2.43. The van der Waals surface area contributed by atoms with Crippen LogP contribution in [0.5, 0.6) is 0 Å². The van der Waals surface area contributed by atoms with Crippen molar-refractivity contribution in [3.05, 3.63) is 46.3 Å². The van der Waals surface area contributed by atoms with E-state index in [4.69, 9.17) is 9.47 Å². The number of thiophene rings is 1. The Kier molecular flexibility index (Phi) is 6.94. The Labute approximate surface area is 194 Å². The zero-order chi connectivity index (χ0) is 21.1. The Hall–Kier alpha value is -1.65. The number of halogens is 1. The van der Waals surface area contributed by atoms with Gasteiger partial charge in [0.25, 0.3) is 5.91 Å². The van der Waals surface area contributed by atoms with Crippen LogP contribution < -0.4 is 8.01 Å². The van der Waals surface area contributed by atoms with E-state index >= 15 is 0 Å². The molecule has 0 atom stereocenters. The molecule has 0 spiro atoms. The van der Waals surface area contributed by atoms with Crippen LogP contribution in [0.1, 0.15) is 57.9 Å². The lowest BCUT2D eigenvalue weighted by molar-refractivity contribution is 0.0600. The predicted octanol–water partition coefficient (Wildman–Crippen LogP) is 5.03. The lowest BCUT2D eigenvalue weighted by atomic mass is 9.96. The van der Waals surface area contributed by atoms with Crippen LogP contribution in [0.15, 0.2) is 29.6 Å². The second-order valence-corrected chi connectivity index (χ2v) is 9.40. The van der Waals surface area contributed by atoms with E-state index in [1.807, 2.05) is 52.5 Å². The maximum atomic E-state index is 13.2. The third-order valence-electron chi connectivity index (χ3n) is 5.83. The molecule has 2 heterocycles. The zero-order valence-corrected chi connectivity index (χ0v) is 19.9. The average Bonchev–Trinajstić information content (AvgIpc) is 3.48. The largest absolute Gasteiger partial charge is 0.465 e. The van der Waals surface area contributed by atoms with Gasteiger partial charge in [-0.2, -0.15) is 0 Å². The molecule has 1 aliphatic carbocycles. The molecule has 1 saturated carbocycles. The predicted molar refractivity (Wildman–Crippen MR) is 127 cm³/mol. The third kappa shape index (κ3) is 4.36. The summed E-state index contributed by atoms with van der Waals surface area (Å²) in [5.41, 5.74) is 3.25. The number of anilines is 2. The van der Waals surface area contributed by atoms with Gasteiger partial charge in [-0.3, -0.25) is 4.79 Å². The molecule has 8 heteroatoms. The summed E-state index contributed by atoms with van der Waals surface area (Å²) >= 11 is 3.44. The van der Waals surface area contributed by atoms with Crippen molar-refractivity contribution in [2.24, 2.45) is 0 Å². The van der Waals surface area contributed by atoms with Gasteiger partial charge < -0.3 is 14.4 Å². The van der Waals surface area contributed by atoms with Crippen molar-refractivity contribution in [2.75, 3.05) is 41.4 Å². The number of carbonyl (C=O) groups is 2. The Morgan fingerprint density at radius 3 is 2.47 bits per heavy atom. The molecule has 160 valence electrons. The van der Waals surface area contributed by atoms with E-state index in [0.717, 1.165) is 50.4 Å². The Morgan fingerprint density at radius 1 is 1.17 bits per heavy atom. The van der Waals surface area contributed by atoms with Crippen molar-refractivity contribution in [3.63, 3.8) is 0 Å². The van der Waals surface area contributed by atoms with Crippen molar-refractivity contribution in [2.45, 2.75) is 31.6 Å². The van der Waals surface area contributed by atoms with Crippen molar-refractivity contribution >= 4 is 56.8 Å². The lowest BCUT2D eigenvalue weighted by Gasteiger charge is -2.29. The van der Waals surface area contributed by atoms with E-state index in [-0.39, 0.29) is 11.9 Å². The van der Waals surface area contributed by atoms with Gasteiger partial charge in [0.15, 0.2) is 0 Å². The van der Waals surface area contributed by atoms with Crippen LogP contribution in [0.25, 0.3) is 0 Å². The Bertz CT molecular complexity index is 902. The minimum Gasteiger partial charge on any atom is -0.465 e. The van der Waals surface area contributed by atoms with Crippen LogP contribution in [0.4, 0.5) is 10.7 Å². The van der Waals surface area contributed by atoms with Gasteiger partial charge in [0, 0.05) is 24.3 Å². The van der Waals surface area contributed by atoms with Crippen LogP contribution >= 0.6 is 34.2 Å². The second kappa shape index (κ2) is 9.65. The number of morpholine rings is 1. The maximum Gasteiger partial charge on any atom is 0.341 e. The zero-order valence-electron chi connectivity index (χ0n) is 16.9. The minimum atomic E-state index is -0.370. The number of benzene rings is 1. The molecular formula is C22H25IN2O4S. The van der Waals surface area contributed by atoms with Crippen LogP contribution in [-0.2, 0) is 9.47 Å². The average molecular weight is 540 g/mol. The first-order valence-corrected chi connectivity index (χ1v) is 12.1. The fraction of sp³-hybridized carbons (Fsp3) is 0.455. The smallest absolute Gasteiger partial charge is 0.341 e. The number of hydrogen-bond donors (Lipinski definition) is 0. The third-order valence-corrected chi connectivity index (χ3v) is 8.06. The number of ether oxygens (including phenoxy) is 2. The van der Waals surface area contributed by atoms with E-state index in [1.54, 1.807) is 3.11 Å². The molecule has 1 saturated heterocycles. The summed E-state index contributed by atoms with van der Waals surface area (Å²) in [4.78, 5) is 28.0. The molecule has 0 N–H and O–H groups in total. The van der Waals surface area contributed by atoms with Gasteiger partial charge in [0.05, 0.1) is 48.8 Å². The van der Waals surface area contributed by atoms with E-state index in [2.05, 4.69) is 4.90 Å². The molecule has 2 aliphatic rings. The first-order valence-electron chi connectivity index (χ1n) is 10.2. The highest BCUT2D eigenvalue weighted by atomic mass is 127. The molecule has 2 fully saturated rings. The van der Waals surface area contributed by atoms with Crippen LogP contribution in [-0.4, -0.2) is 45.3 Å². The molecule has 1 aromatic carbocycles. The van der Waals surface area contributed by atoms with Gasteiger partial charge >= 0.3 is 5.97 Å². The molecule has 2 aromatic rings. The molecule has 1 aliphatic heterocycles. The number of esters is 1. The highest BCUT2D eigenvalue weighted by Gasteiger charge is 2.31. The van der Waals surface area contributed by atoms with Gasteiger partial charge in [-0.05, 0) is 54.0 Å². The molecule has 1 aromatic heterocycles. The first kappa shape index (κ1) is 21.6. The number of nitrogens with zero attached hydrogens (tertiary/aromatic N) is 2. The standard InChI is InChI=1S/C22H25IN2O4S/c1-28-22(27)19-18(15-4-2-3-5-15)14-30-21(19)25(23)20(26)16-6-8-17(9-7-16)24-10-12-29-13-11-24/h6-9,14-15H,2-5,10-13H2,1H3. The summed E-state index contributed by atoms with van der Waals surface area (Å²) in [6, 6.07) is 7.65. The molecule has 6 nitrogen and oxygen atoms in total. The van der Waals surface area contributed by atoms with Gasteiger partial charge in [-0.1, -0.05) is 12.8 Å². The summed E-state index contributed by atoms with van der Waals surface area (Å²) < 4.78 is 12.0. The number of rotatable bonds is 5. The van der Waals surface area contributed by atoms with Crippen molar-refractivity contribution in [3.8, 4) is 0 Å². The summed E-state index contributed by atoms with van der Waals surface area (Å²) in [6.07, 6.45) is 4.52. The fourth-order valence-electron chi connectivity index (χ4n) is 4.19. The maximum absolute atomic E-state index is 13.2. The first-order chi connectivity index (χ1) is 14.6. The number of carbonyl (C=O) groups excluding carboxylic acids is 2. The van der Waals surface area contributed by atoms with Gasteiger partial charge in [0.1, 0.15) is 5.00 Å². The van der Waals surface area contributed by atoms with Crippen molar-refractivity contribution in [1.82, 2.24) is 0 Å². The number of amides is 1. The fourth-order valence-corrected chi connectivity index (χ4v) is 6.10. The monoisotopic (exact) mass is 540 g/mol. The van der Waals surface area contributed by atoms with Crippen LogP contribution in [0.3, 0.4) is 0 Å². The molecule has 1 amide bonds. The number of methoxy groups -OCH3 is 1. The molecule has 4 rings (SSSR count). The SMILES string of the molecule is COC(=O)c1c(C2CCCC2)csc1N(I)C(=O)c1ccc(N2CCOCC2)cc1. The number of hydrogen-bond acceptors (Lipinski definition) is 6. The Balaban J connectivity index is 1.57. The quantitative estimate of drug-likeness (QED) is 0.303. The van der Waals surface area contributed by atoms with E-state index in [0.29, 0.717) is 22.0 Å². The molecule has 0 bridgehead atoms. The Morgan fingerprint density at radius 2 is 1.83 bits per heavy atom. The molecule has 0 radical (unpaired) electrons. The van der Waals surface area contributed by atoms with Crippen LogP contribution in [0, 0.1) is 0 Å². The normalized spacial score (nSPS) is 17.2. The lowest BCUT2D eigenvalue weighted by Crippen LogP contribution is -2.36. The topological polar surface area (TPSA) is 59.1 Å². The van der Waals surface area contributed by atoms with Crippen molar-refractivity contribution in [1.29, 1.82) is 0 Å². The van der Waals surface area contributed by atoms with E-state index < -0.39 is 0 Å². The van der Waals surface area contributed by atoms with Gasteiger partial charge in [0.2, 0.25) is 0 Å². The summed E-state index contributed by atoms with van der Waals surface area (Å²) in [5.74, 6) is -0.142. The second-order valence-electron chi connectivity index (χ2n) is 7.58. The summed E-state index contributed by atoms with van der Waals surface area (Å²) in [6.45, 7) is 3.15. The van der Waals surface area contributed by atoms with Gasteiger partial charge in [-0.25, -0.2) is 7.91 Å². The molecule has 30 heavy (non-hydrogen) atoms. The van der Waals surface area contributed by atoms with Crippen LogP contribution in [0.2, 0.25) is 0 Å². The van der Waals surface area contributed by atoms with Crippen molar-refractivity contribution < 1.29 is 19.1 Å². The van der Waals surface area contributed by atoms with Gasteiger partial charge in [-0.15, -0.1) is 11.3 Å². The minimum absolute atomic E-state index is 0.144. The molecule has 0 unspecified atom stereocenters. The molecular weight excluding hydrogens is 515 g/mol. The van der Waals surface area contributed by atoms with E-state index in [1.165, 1.54) is 31.3 Å². The van der Waals surface area contributed by atoms with E-state index in [9.17, 15) is 9.59 Å². The summed E-state index contributed by atoms with van der Waals surface area (Å²) in [5, 5.41) is 2.67. The highest BCUT2D eigenvalue weighted by molar-refractivity contribution is 14.1. The summed E-state index contributed by atoms with van der Waals surface area (Å²) in [7, 11) is 1.39.